The van der Waals surface area contributed by atoms with E-state index in [4.69, 9.17) is 0 Å². The molecule has 2 heterocycles. The number of hydrogen-bond acceptors (Lipinski definition) is 5. The quantitative estimate of drug-likeness (QED) is 0.395. The standard InChI is InChI=1S/C23H24N4O2S.ClH/c1-17(14-24-9-6-18-2-3-21-15-25-10-7-19(21)12-18)27-30(28,29)23-5-4-22-16-26-11-8-20(22)13-23;/h2-5,7-8,10-13,15-17,24,27H,6,9,14H2,1H3;1H. The van der Waals surface area contributed by atoms with Gasteiger partial charge in [-0.25, -0.2) is 13.1 Å². The van der Waals surface area contributed by atoms with Crippen molar-refractivity contribution >= 4 is 44.0 Å². The van der Waals surface area contributed by atoms with Gasteiger partial charge in [0, 0.05) is 48.1 Å². The molecule has 0 radical (unpaired) electrons. The van der Waals surface area contributed by atoms with Crippen molar-refractivity contribution < 1.29 is 8.42 Å². The summed E-state index contributed by atoms with van der Waals surface area (Å²) in [6, 6.07) is 15.0. The molecule has 1 atom stereocenters. The molecule has 0 aliphatic rings. The first-order valence-electron chi connectivity index (χ1n) is 9.91. The van der Waals surface area contributed by atoms with Gasteiger partial charge in [-0.1, -0.05) is 24.3 Å². The average molecular weight is 457 g/mol. The Morgan fingerprint density at radius 2 is 1.52 bits per heavy atom. The zero-order valence-electron chi connectivity index (χ0n) is 17.2. The first-order valence-corrected chi connectivity index (χ1v) is 11.4. The Bertz CT molecular complexity index is 1280. The molecule has 0 aliphatic heterocycles. The Labute approximate surface area is 188 Å². The second-order valence-corrected chi connectivity index (χ2v) is 9.13. The molecule has 1 unspecified atom stereocenters. The fraction of sp³-hybridized carbons (Fsp3) is 0.217. The maximum absolute atomic E-state index is 12.7. The van der Waals surface area contributed by atoms with Gasteiger partial charge in [0.1, 0.15) is 0 Å². The molecule has 0 spiro atoms. The molecule has 0 saturated heterocycles. The van der Waals surface area contributed by atoms with E-state index in [-0.39, 0.29) is 23.3 Å². The number of sulfonamides is 1. The summed E-state index contributed by atoms with van der Waals surface area (Å²) in [7, 11) is -3.58. The lowest BCUT2D eigenvalue weighted by atomic mass is 10.1. The molecule has 2 N–H and O–H groups in total. The highest BCUT2D eigenvalue weighted by Gasteiger charge is 2.17. The molecule has 4 aromatic rings. The van der Waals surface area contributed by atoms with Crippen LogP contribution in [0, 0.1) is 0 Å². The van der Waals surface area contributed by atoms with Crippen LogP contribution in [0.1, 0.15) is 12.5 Å². The maximum Gasteiger partial charge on any atom is 0.240 e. The molecule has 2 aromatic heterocycles. The predicted octanol–water partition coefficient (Wildman–Crippen LogP) is 3.70. The Hall–Kier alpha value is -2.58. The van der Waals surface area contributed by atoms with Gasteiger partial charge in [0.05, 0.1) is 4.90 Å². The number of pyridine rings is 2. The highest BCUT2D eigenvalue weighted by atomic mass is 35.5. The maximum atomic E-state index is 12.7. The lowest BCUT2D eigenvalue weighted by Crippen LogP contribution is -2.40. The first kappa shape index (κ1) is 23.1. The minimum Gasteiger partial charge on any atom is -0.315 e. The molecule has 0 amide bonds. The summed E-state index contributed by atoms with van der Waals surface area (Å²) in [5.74, 6) is 0. The molecule has 31 heavy (non-hydrogen) atoms. The lowest BCUT2D eigenvalue weighted by molar-refractivity contribution is 0.537. The Kier molecular flexibility index (Phi) is 7.56. The summed E-state index contributed by atoms with van der Waals surface area (Å²) < 4.78 is 28.2. The van der Waals surface area contributed by atoms with Crippen LogP contribution in [0.15, 0.2) is 78.2 Å². The van der Waals surface area contributed by atoms with E-state index in [0.29, 0.717) is 6.54 Å². The fourth-order valence-electron chi connectivity index (χ4n) is 3.44. The Morgan fingerprint density at radius 3 is 2.23 bits per heavy atom. The van der Waals surface area contributed by atoms with Gasteiger partial charge in [0.2, 0.25) is 10.0 Å². The lowest BCUT2D eigenvalue weighted by Gasteiger charge is -2.15. The number of nitrogens with zero attached hydrogens (tertiary/aromatic N) is 2. The Morgan fingerprint density at radius 1 is 0.871 bits per heavy atom. The van der Waals surface area contributed by atoms with E-state index in [0.717, 1.165) is 29.1 Å². The summed E-state index contributed by atoms with van der Waals surface area (Å²) in [6.45, 7) is 3.18. The minimum absolute atomic E-state index is 0. The molecule has 162 valence electrons. The van der Waals surface area contributed by atoms with Crippen LogP contribution in [0.5, 0.6) is 0 Å². The smallest absolute Gasteiger partial charge is 0.240 e. The van der Waals surface area contributed by atoms with E-state index in [1.807, 2.05) is 25.3 Å². The molecule has 0 aliphatic carbocycles. The van der Waals surface area contributed by atoms with Gasteiger partial charge in [-0.05, 0) is 60.5 Å². The van der Waals surface area contributed by atoms with Crippen molar-refractivity contribution in [3.05, 3.63) is 78.9 Å². The summed E-state index contributed by atoms with van der Waals surface area (Å²) in [5.41, 5.74) is 1.24. The van der Waals surface area contributed by atoms with Gasteiger partial charge in [-0.15, -0.1) is 12.4 Å². The number of rotatable bonds is 8. The van der Waals surface area contributed by atoms with E-state index in [1.165, 1.54) is 10.9 Å². The van der Waals surface area contributed by atoms with Crippen molar-refractivity contribution in [2.24, 2.45) is 0 Å². The van der Waals surface area contributed by atoms with Gasteiger partial charge < -0.3 is 5.32 Å². The van der Waals surface area contributed by atoms with Crippen LogP contribution in [0.2, 0.25) is 0 Å². The zero-order valence-corrected chi connectivity index (χ0v) is 18.8. The van der Waals surface area contributed by atoms with Gasteiger partial charge in [0.25, 0.3) is 0 Å². The number of benzene rings is 2. The number of fused-ring (bicyclic) bond motifs is 2. The summed E-state index contributed by atoms with van der Waals surface area (Å²) in [5, 5.41) is 7.41. The average Bonchev–Trinajstić information content (AvgIpc) is 2.76. The third-order valence-electron chi connectivity index (χ3n) is 5.02. The van der Waals surface area contributed by atoms with Crippen LogP contribution in [0.3, 0.4) is 0 Å². The van der Waals surface area contributed by atoms with E-state index in [9.17, 15) is 8.42 Å². The van der Waals surface area contributed by atoms with E-state index in [1.54, 1.807) is 36.8 Å². The SMILES string of the molecule is CC(CNCCc1ccc2cnccc2c1)NS(=O)(=O)c1ccc2cnccc2c1.Cl. The molecular weight excluding hydrogens is 432 g/mol. The molecule has 0 fully saturated rings. The monoisotopic (exact) mass is 456 g/mol. The van der Waals surface area contributed by atoms with Crippen molar-refractivity contribution in [1.29, 1.82) is 0 Å². The molecular formula is C23H25ClN4O2S. The molecule has 8 heteroatoms. The van der Waals surface area contributed by atoms with Gasteiger partial charge >= 0.3 is 0 Å². The van der Waals surface area contributed by atoms with Crippen LogP contribution >= 0.6 is 12.4 Å². The number of hydrogen-bond donors (Lipinski definition) is 2. The van der Waals surface area contributed by atoms with Crippen molar-refractivity contribution in [2.75, 3.05) is 13.1 Å². The molecule has 0 saturated carbocycles. The zero-order chi connectivity index (χ0) is 21.0. The van der Waals surface area contributed by atoms with E-state index in [2.05, 4.69) is 38.2 Å². The third-order valence-corrected chi connectivity index (χ3v) is 6.61. The highest BCUT2D eigenvalue weighted by Crippen LogP contribution is 2.18. The third kappa shape index (κ3) is 5.77. The highest BCUT2D eigenvalue weighted by molar-refractivity contribution is 7.89. The number of nitrogens with one attached hydrogen (secondary N) is 2. The second-order valence-electron chi connectivity index (χ2n) is 7.42. The normalized spacial score (nSPS) is 12.5. The van der Waals surface area contributed by atoms with Gasteiger partial charge in [-0.3, -0.25) is 9.97 Å². The van der Waals surface area contributed by atoms with Crippen molar-refractivity contribution in [2.45, 2.75) is 24.3 Å². The fourth-order valence-corrected chi connectivity index (χ4v) is 4.72. The van der Waals surface area contributed by atoms with Crippen LogP contribution in [-0.4, -0.2) is 37.5 Å². The Balaban J connectivity index is 0.00000272. The molecule has 2 aromatic carbocycles. The topological polar surface area (TPSA) is 84.0 Å². The van der Waals surface area contributed by atoms with Crippen molar-refractivity contribution in [3.63, 3.8) is 0 Å². The van der Waals surface area contributed by atoms with Gasteiger partial charge in [-0.2, -0.15) is 0 Å². The largest absolute Gasteiger partial charge is 0.315 e. The first-order chi connectivity index (χ1) is 14.5. The molecule has 6 nitrogen and oxygen atoms in total. The second kappa shape index (κ2) is 10.2. The van der Waals surface area contributed by atoms with Crippen LogP contribution in [0.4, 0.5) is 0 Å². The van der Waals surface area contributed by atoms with Crippen molar-refractivity contribution in [3.8, 4) is 0 Å². The van der Waals surface area contributed by atoms with Crippen LogP contribution in [0.25, 0.3) is 21.5 Å². The van der Waals surface area contributed by atoms with Crippen molar-refractivity contribution in [1.82, 2.24) is 20.0 Å². The van der Waals surface area contributed by atoms with Crippen LogP contribution < -0.4 is 10.0 Å². The summed E-state index contributed by atoms with van der Waals surface area (Å²) in [6.07, 6.45) is 7.90. The van der Waals surface area contributed by atoms with Gasteiger partial charge in [0.15, 0.2) is 0 Å². The molecule has 0 bridgehead atoms. The predicted molar refractivity (Wildman–Crippen MR) is 127 cm³/mol. The van der Waals surface area contributed by atoms with E-state index < -0.39 is 10.0 Å². The summed E-state index contributed by atoms with van der Waals surface area (Å²) >= 11 is 0. The molecule has 4 rings (SSSR count). The van der Waals surface area contributed by atoms with Crippen LogP contribution in [-0.2, 0) is 16.4 Å². The summed E-state index contributed by atoms with van der Waals surface area (Å²) in [4.78, 5) is 8.45. The van der Waals surface area contributed by atoms with E-state index >= 15 is 0 Å². The minimum atomic E-state index is -3.58. The number of halogens is 1. The number of aromatic nitrogens is 2.